The second kappa shape index (κ2) is 4.92. The maximum absolute atomic E-state index is 12.1. The molecule has 1 heterocycles. The lowest BCUT2D eigenvalue weighted by Crippen LogP contribution is -2.63. The molecule has 0 spiro atoms. The van der Waals surface area contributed by atoms with Crippen molar-refractivity contribution in [3.8, 4) is 0 Å². The van der Waals surface area contributed by atoms with Crippen molar-refractivity contribution in [3.05, 3.63) is 0 Å². The van der Waals surface area contributed by atoms with Crippen LogP contribution in [0.3, 0.4) is 0 Å². The molecule has 1 atom stereocenters. The van der Waals surface area contributed by atoms with Crippen molar-refractivity contribution in [2.24, 2.45) is 5.73 Å². The Morgan fingerprint density at radius 1 is 1.53 bits per heavy atom. The van der Waals surface area contributed by atoms with E-state index in [0.717, 1.165) is 19.4 Å². The smallest absolute Gasteiger partial charge is 0.239 e. The topological polar surface area (TPSA) is 67.6 Å². The lowest BCUT2D eigenvalue weighted by atomic mass is 9.99. The van der Waals surface area contributed by atoms with Gasteiger partial charge in [0.05, 0.1) is 13.2 Å². The molecule has 5 heteroatoms. The predicted octanol–water partition coefficient (Wildman–Crippen LogP) is -0.297. The Kier molecular flexibility index (Phi) is 3.70. The summed E-state index contributed by atoms with van der Waals surface area (Å²) in [5.41, 5.74) is 5.64. The van der Waals surface area contributed by atoms with E-state index in [1.54, 1.807) is 0 Å². The van der Waals surface area contributed by atoms with Crippen molar-refractivity contribution in [1.29, 1.82) is 0 Å². The zero-order chi connectivity index (χ0) is 12.5. The van der Waals surface area contributed by atoms with Crippen LogP contribution in [0.2, 0.25) is 0 Å². The Labute approximate surface area is 103 Å². The molecule has 2 rings (SSSR count). The quantitative estimate of drug-likeness (QED) is 0.709. The molecule has 2 fully saturated rings. The van der Waals surface area contributed by atoms with Gasteiger partial charge in [0.15, 0.2) is 0 Å². The van der Waals surface area contributed by atoms with Crippen molar-refractivity contribution in [2.45, 2.75) is 44.3 Å². The summed E-state index contributed by atoms with van der Waals surface area (Å²) in [6, 6.07) is 0.204. The first-order valence-electron chi connectivity index (χ1n) is 6.39. The summed E-state index contributed by atoms with van der Waals surface area (Å²) in [6.07, 6.45) is 2.22. The van der Waals surface area contributed by atoms with Gasteiger partial charge in [-0.15, -0.1) is 0 Å². The van der Waals surface area contributed by atoms with Crippen LogP contribution >= 0.6 is 0 Å². The molecule has 98 valence electrons. The van der Waals surface area contributed by atoms with Crippen LogP contribution in [0, 0.1) is 0 Å². The summed E-state index contributed by atoms with van der Waals surface area (Å²) in [6.45, 7) is 6.62. The summed E-state index contributed by atoms with van der Waals surface area (Å²) in [5.74, 6) is 0.0914. The van der Waals surface area contributed by atoms with Crippen LogP contribution in [0.5, 0.6) is 0 Å². The van der Waals surface area contributed by atoms with Crippen LogP contribution in [0.25, 0.3) is 0 Å². The minimum Gasteiger partial charge on any atom is -0.378 e. The van der Waals surface area contributed by atoms with E-state index in [9.17, 15) is 4.79 Å². The minimum atomic E-state index is -0.192. The normalized spacial score (nSPS) is 26.9. The van der Waals surface area contributed by atoms with Crippen molar-refractivity contribution in [2.75, 3.05) is 26.3 Å². The van der Waals surface area contributed by atoms with Gasteiger partial charge in [-0.1, -0.05) is 0 Å². The maximum atomic E-state index is 12.1. The van der Waals surface area contributed by atoms with Crippen molar-refractivity contribution >= 4 is 5.91 Å². The SMILES string of the molecule is CC(C)(CN)N1CCOCC1C(=O)NC1CC1. The molecule has 1 aliphatic carbocycles. The zero-order valence-electron chi connectivity index (χ0n) is 10.7. The van der Waals surface area contributed by atoms with Gasteiger partial charge in [-0.3, -0.25) is 9.69 Å². The molecule has 0 aromatic heterocycles. The highest BCUT2D eigenvalue weighted by molar-refractivity contribution is 5.82. The molecular formula is C12H23N3O2. The fourth-order valence-corrected chi connectivity index (χ4v) is 2.19. The monoisotopic (exact) mass is 241 g/mol. The van der Waals surface area contributed by atoms with Gasteiger partial charge in [0.2, 0.25) is 5.91 Å². The average molecular weight is 241 g/mol. The molecule has 1 unspecified atom stereocenters. The third-order valence-electron chi connectivity index (χ3n) is 3.63. The largest absolute Gasteiger partial charge is 0.378 e. The molecule has 0 aromatic rings. The molecule has 5 nitrogen and oxygen atoms in total. The number of hydrogen-bond donors (Lipinski definition) is 2. The number of morpholine rings is 1. The molecule has 1 saturated carbocycles. The molecule has 3 N–H and O–H groups in total. The fraction of sp³-hybridized carbons (Fsp3) is 0.917. The summed E-state index contributed by atoms with van der Waals surface area (Å²) >= 11 is 0. The second-order valence-corrected chi connectivity index (χ2v) is 5.58. The van der Waals surface area contributed by atoms with E-state index in [0.29, 0.717) is 25.8 Å². The van der Waals surface area contributed by atoms with E-state index in [1.807, 2.05) is 0 Å². The lowest BCUT2D eigenvalue weighted by molar-refractivity contribution is -0.137. The number of carbonyl (C=O) groups is 1. The highest BCUT2D eigenvalue weighted by Gasteiger charge is 2.39. The summed E-state index contributed by atoms with van der Waals surface area (Å²) in [4.78, 5) is 14.3. The second-order valence-electron chi connectivity index (χ2n) is 5.58. The number of carbonyl (C=O) groups excluding carboxylic acids is 1. The standard InChI is InChI=1S/C12H23N3O2/c1-12(2,8-13)15-5-6-17-7-10(15)11(16)14-9-3-4-9/h9-10H,3-8,13H2,1-2H3,(H,14,16). The number of nitrogens with one attached hydrogen (secondary N) is 1. The molecule has 0 aromatic carbocycles. The van der Waals surface area contributed by atoms with Gasteiger partial charge in [-0.05, 0) is 26.7 Å². The molecule has 17 heavy (non-hydrogen) atoms. The summed E-state index contributed by atoms with van der Waals surface area (Å²) in [7, 11) is 0. The third kappa shape index (κ3) is 2.97. The van der Waals surface area contributed by atoms with E-state index in [4.69, 9.17) is 10.5 Å². The van der Waals surface area contributed by atoms with Crippen LogP contribution in [-0.4, -0.2) is 54.7 Å². The number of ether oxygens (including phenoxy) is 1. The maximum Gasteiger partial charge on any atom is 0.239 e. The Morgan fingerprint density at radius 3 is 2.82 bits per heavy atom. The van der Waals surface area contributed by atoms with Crippen molar-refractivity contribution in [3.63, 3.8) is 0 Å². The van der Waals surface area contributed by atoms with Crippen molar-refractivity contribution in [1.82, 2.24) is 10.2 Å². The Morgan fingerprint density at radius 2 is 2.24 bits per heavy atom. The first kappa shape index (κ1) is 12.8. The number of nitrogens with zero attached hydrogens (tertiary/aromatic N) is 1. The van der Waals surface area contributed by atoms with Crippen LogP contribution in [0.4, 0.5) is 0 Å². The average Bonchev–Trinajstić information content (AvgIpc) is 3.13. The number of amides is 1. The predicted molar refractivity (Wildman–Crippen MR) is 65.6 cm³/mol. The molecular weight excluding hydrogens is 218 g/mol. The molecule has 1 amide bonds. The number of nitrogens with two attached hydrogens (primary N) is 1. The molecule has 1 aliphatic heterocycles. The van der Waals surface area contributed by atoms with Gasteiger partial charge in [-0.25, -0.2) is 0 Å². The van der Waals surface area contributed by atoms with Crippen LogP contribution in [0.1, 0.15) is 26.7 Å². The van der Waals surface area contributed by atoms with E-state index in [1.165, 1.54) is 0 Å². The number of hydrogen-bond acceptors (Lipinski definition) is 4. The summed E-state index contributed by atoms with van der Waals surface area (Å²) in [5, 5.41) is 3.05. The Hall–Kier alpha value is -0.650. The lowest BCUT2D eigenvalue weighted by Gasteiger charge is -2.44. The van der Waals surface area contributed by atoms with E-state index in [-0.39, 0.29) is 17.5 Å². The fourth-order valence-electron chi connectivity index (χ4n) is 2.19. The van der Waals surface area contributed by atoms with E-state index < -0.39 is 0 Å². The molecule has 2 aliphatic rings. The van der Waals surface area contributed by atoms with Crippen LogP contribution < -0.4 is 11.1 Å². The first-order chi connectivity index (χ1) is 8.04. The molecule has 0 bridgehead atoms. The third-order valence-corrected chi connectivity index (χ3v) is 3.63. The van der Waals surface area contributed by atoms with Gasteiger partial charge in [-0.2, -0.15) is 0 Å². The Balaban J connectivity index is 2.02. The van der Waals surface area contributed by atoms with Crippen LogP contribution in [0.15, 0.2) is 0 Å². The summed E-state index contributed by atoms with van der Waals surface area (Å²) < 4.78 is 5.43. The van der Waals surface area contributed by atoms with Crippen LogP contribution in [-0.2, 0) is 9.53 Å². The van der Waals surface area contributed by atoms with Crippen molar-refractivity contribution < 1.29 is 9.53 Å². The first-order valence-corrected chi connectivity index (χ1v) is 6.39. The zero-order valence-corrected chi connectivity index (χ0v) is 10.7. The van der Waals surface area contributed by atoms with Gasteiger partial charge in [0.1, 0.15) is 6.04 Å². The van der Waals surface area contributed by atoms with Gasteiger partial charge in [0.25, 0.3) is 0 Å². The number of rotatable bonds is 4. The van der Waals surface area contributed by atoms with E-state index in [2.05, 4.69) is 24.1 Å². The van der Waals surface area contributed by atoms with Gasteiger partial charge < -0.3 is 15.8 Å². The minimum absolute atomic E-state index is 0.0914. The van der Waals surface area contributed by atoms with Gasteiger partial charge in [0, 0.05) is 24.7 Å². The Bertz CT molecular complexity index is 289. The molecule has 1 saturated heterocycles. The highest BCUT2D eigenvalue weighted by atomic mass is 16.5. The highest BCUT2D eigenvalue weighted by Crippen LogP contribution is 2.22. The van der Waals surface area contributed by atoms with E-state index >= 15 is 0 Å². The molecule has 0 radical (unpaired) electrons. The van der Waals surface area contributed by atoms with Gasteiger partial charge >= 0.3 is 0 Å².